The standard InChI is InChI=1S/C17H20ClN/c1-14(2)10-11-17(19-12-6-3-7-13-19)15-8-4-5-9-16(15)18/h4-5,8-9,17H,1,3,6-7,12-13H2,2H3. The third kappa shape index (κ3) is 3.86. The number of piperidine rings is 1. The summed E-state index contributed by atoms with van der Waals surface area (Å²) in [6.07, 6.45) is 3.81. The lowest BCUT2D eigenvalue weighted by molar-refractivity contribution is 0.197. The van der Waals surface area contributed by atoms with Gasteiger partial charge in [0.15, 0.2) is 0 Å². The Labute approximate surface area is 121 Å². The molecule has 19 heavy (non-hydrogen) atoms. The Morgan fingerprint density at radius 2 is 1.95 bits per heavy atom. The van der Waals surface area contributed by atoms with Crippen molar-refractivity contribution in [3.05, 3.63) is 47.0 Å². The molecule has 0 saturated carbocycles. The molecule has 1 saturated heterocycles. The molecular formula is C17H20ClN. The van der Waals surface area contributed by atoms with Crippen molar-refractivity contribution in [3.63, 3.8) is 0 Å². The van der Waals surface area contributed by atoms with Crippen molar-refractivity contribution >= 4 is 11.6 Å². The first-order valence-electron chi connectivity index (χ1n) is 6.84. The summed E-state index contributed by atoms with van der Waals surface area (Å²) in [5, 5.41) is 0.800. The fraction of sp³-hybridized carbons (Fsp3) is 0.412. The lowest BCUT2D eigenvalue weighted by atomic mass is 10.0. The maximum absolute atomic E-state index is 6.34. The molecule has 0 spiro atoms. The molecule has 0 aliphatic carbocycles. The summed E-state index contributed by atoms with van der Waals surface area (Å²) in [6, 6.07) is 8.10. The van der Waals surface area contributed by atoms with Crippen molar-refractivity contribution in [2.75, 3.05) is 13.1 Å². The normalized spacial score (nSPS) is 17.4. The number of hydrogen-bond acceptors (Lipinski definition) is 1. The maximum Gasteiger partial charge on any atom is 0.0988 e. The highest BCUT2D eigenvalue weighted by Gasteiger charge is 2.22. The summed E-state index contributed by atoms with van der Waals surface area (Å²) in [5.74, 6) is 6.46. The third-order valence-corrected chi connectivity index (χ3v) is 3.72. The summed E-state index contributed by atoms with van der Waals surface area (Å²) in [4.78, 5) is 2.43. The molecule has 1 atom stereocenters. The maximum atomic E-state index is 6.34. The van der Waals surface area contributed by atoms with E-state index in [-0.39, 0.29) is 6.04 Å². The van der Waals surface area contributed by atoms with Crippen LogP contribution < -0.4 is 0 Å². The van der Waals surface area contributed by atoms with Crippen molar-refractivity contribution in [3.8, 4) is 11.8 Å². The smallest absolute Gasteiger partial charge is 0.0988 e. The average Bonchev–Trinajstić information content (AvgIpc) is 2.42. The molecule has 1 aromatic carbocycles. The molecule has 2 rings (SSSR count). The van der Waals surface area contributed by atoms with E-state index in [1.165, 1.54) is 19.3 Å². The van der Waals surface area contributed by atoms with Crippen LogP contribution in [0.2, 0.25) is 5.02 Å². The molecular weight excluding hydrogens is 254 g/mol. The number of halogens is 1. The van der Waals surface area contributed by atoms with Gasteiger partial charge in [0.25, 0.3) is 0 Å². The van der Waals surface area contributed by atoms with Crippen molar-refractivity contribution in [1.82, 2.24) is 4.90 Å². The Kier molecular flexibility index (Phi) is 5.07. The average molecular weight is 274 g/mol. The first-order valence-corrected chi connectivity index (χ1v) is 7.22. The lowest BCUT2D eigenvalue weighted by Crippen LogP contribution is -2.33. The van der Waals surface area contributed by atoms with Crippen LogP contribution in [0.3, 0.4) is 0 Å². The van der Waals surface area contributed by atoms with E-state index in [1.807, 2.05) is 25.1 Å². The second-order valence-corrected chi connectivity index (χ2v) is 5.48. The van der Waals surface area contributed by atoms with Crippen LogP contribution in [0.25, 0.3) is 0 Å². The quantitative estimate of drug-likeness (QED) is 0.720. The first kappa shape index (κ1) is 14.2. The monoisotopic (exact) mass is 273 g/mol. The Bertz CT molecular complexity index is 503. The molecule has 0 amide bonds. The first-order chi connectivity index (χ1) is 9.18. The van der Waals surface area contributed by atoms with Gasteiger partial charge in [-0.05, 0) is 50.1 Å². The Balaban J connectivity index is 2.31. The lowest BCUT2D eigenvalue weighted by Gasteiger charge is -2.32. The van der Waals surface area contributed by atoms with E-state index >= 15 is 0 Å². The highest BCUT2D eigenvalue weighted by molar-refractivity contribution is 6.31. The van der Waals surface area contributed by atoms with E-state index in [0.29, 0.717) is 0 Å². The highest BCUT2D eigenvalue weighted by atomic mass is 35.5. The van der Waals surface area contributed by atoms with E-state index in [1.54, 1.807) is 0 Å². The highest BCUT2D eigenvalue weighted by Crippen LogP contribution is 2.29. The van der Waals surface area contributed by atoms with Crippen molar-refractivity contribution in [1.29, 1.82) is 0 Å². The summed E-state index contributed by atoms with van der Waals surface area (Å²) in [6.45, 7) is 8.00. The van der Waals surface area contributed by atoms with Crippen LogP contribution in [0.5, 0.6) is 0 Å². The van der Waals surface area contributed by atoms with Crippen LogP contribution >= 0.6 is 11.6 Å². The van der Waals surface area contributed by atoms with Gasteiger partial charge in [-0.25, -0.2) is 0 Å². The molecule has 1 aromatic rings. The van der Waals surface area contributed by atoms with Crippen LogP contribution in [0.15, 0.2) is 36.4 Å². The van der Waals surface area contributed by atoms with Crippen LogP contribution in [-0.4, -0.2) is 18.0 Å². The Hall–Kier alpha value is -1.23. The van der Waals surface area contributed by atoms with Gasteiger partial charge in [0.2, 0.25) is 0 Å². The molecule has 1 unspecified atom stereocenters. The summed E-state index contributed by atoms with van der Waals surface area (Å²) < 4.78 is 0. The van der Waals surface area contributed by atoms with Gasteiger partial charge in [0.1, 0.15) is 0 Å². The summed E-state index contributed by atoms with van der Waals surface area (Å²) in [7, 11) is 0. The summed E-state index contributed by atoms with van der Waals surface area (Å²) >= 11 is 6.34. The SMILES string of the molecule is C=C(C)C#CC(c1ccccc1Cl)N1CCCCC1. The Morgan fingerprint density at radius 3 is 2.58 bits per heavy atom. The Morgan fingerprint density at radius 1 is 1.26 bits per heavy atom. The summed E-state index contributed by atoms with van der Waals surface area (Å²) in [5.41, 5.74) is 2.01. The van der Waals surface area contributed by atoms with Gasteiger partial charge in [-0.1, -0.05) is 54.6 Å². The van der Waals surface area contributed by atoms with Crippen LogP contribution in [0.4, 0.5) is 0 Å². The number of benzene rings is 1. The molecule has 1 fully saturated rings. The predicted octanol–water partition coefficient (Wildman–Crippen LogP) is 4.45. The van der Waals surface area contributed by atoms with Gasteiger partial charge in [0.05, 0.1) is 6.04 Å². The van der Waals surface area contributed by atoms with E-state index in [2.05, 4.69) is 29.4 Å². The minimum atomic E-state index is 0.0886. The molecule has 0 N–H and O–H groups in total. The molecule has 0 radical (unpaired) electrons. The van der Waals surface area contributed by atoms with Crippen molar-refractivity contribution in [2.24, 2.45) is 0 Å². The van der Waals surface area contributed by atoms with Crippen LogP contribution in [0, 0.1) is 11.8 Å². The molecule has 2 heteroatoms. The van der Waals surface area contributed by atoms with Crippen LogP contribution in [0.1, 0.15) is 37.8 Å². The molecule has 0 aromatic heterocycles. The minimum absolute atomic E-state index is 0.0886. The van der Waals surface area contributed by atoms with Gasteiger partial charge in [0, 0.05) is 5.02 Å². The van der Waals surface area contributed by atoms with Gasteiger partial charge >= 0.3 is 0 Å². The molecule has 0 bridgehead atoms. The molecule has 100 valence electrons. The fourth-order valence-electron chi connectivity index (χ4n) is 2.43. The molecule has 1 heterocycles. The fourth-order valence-corrected chi connectivity index (χ4v) is 2.67. The number of nitrogens with zero attached hydrogens (tertiary/aromatic N) is 1. The topological polar surface area (TPSA) is 3.24 Å². The minimum Gasteiger partial charge on any atom is -0.286 e. The van der Waals surface area contributed by atoms with Gasteiger partial charge in [-0.2, -0.15) is 0 Å². The zero-order valence-corrected chi connectivity index (χ0v) is 12.2. The molecule has 1 aliphatic rings. The predicted molar refractivity (Wildman–Crippen MR) is 82.2 cm³/mol. The number of allylic oxidation sites excluding steroid dienone is 1. The second-order valence-electron chi connectivity index (χ2n) is 5.07. The zero-order chi connectivity index (χ0) is 13.7. The molecule has 1 aliphatic heterocycles. The largest absolute Gasteiger partial charge is 0.286 e. The van der Waals surface area contributed by atoms with Gasteiger partial charge in [-0.3, -0.25) is 4.90 Å². The van der Waals surface area contributed by atoms with Gasteiger partial charge < -0.3 is 0 Å². The van der Waals surface area contributed by atoms with E-state index in [9.17, 15) is 0 Å². The van der Waals surface area contributed by atoms with E-state index in [0.717, 1.165) is 29.2 Å². The number of hydrogen-bond donors (Lipinski definition) is 0. The van der Waals surface area contributed by atoms with Crippen molar-refractivity contribution in [2.45, 2.75) is 32.2 Å². The van der Waals surface area contributed by atoms with Crippen LogP contribution in [-0.2, 0) is 0 Å². The molecule has 1 nitrogen and oxygen atoms in total. The number of likely N-dealkylation sites (tertiary alicyclic amines) is 1. The van der Waals surface area contributed by atoms with E-state index in [4.69, 9.17) is 11.6 Å². The van der Waals surface area contributed by atoms with Gasteiger partial charge in [-0.15, -0.1) is 0 Å². The number of rotatable bonds is 2. The second kappa shape index (κ2) is 6.80. The van der Waals surface area contributed by atoms with E-state index < -0.39 is 0 Å². The zero-order valence-electron chi connectivity index (χ0n) is 11.5. The van der Waals surface area contributed by atoms with Crippen molar-refractivity contribution < 1.29 is 0 Å². The third-order valence-electron chi connectivity index (χ3n) is 3.38.